The third kappa shape index (κ3) is 5.92. The van der Waals surface area contributed by atoms with Crippen LogP contribution in [0.1, 0.15) is 109 Å². The minimum absolute atomic E-state index is 0.282. The standard InChI is InChI=1S/C29H46N8O/c30-21-10-12-22(13-11-21)33-29-34-27(26-28(35-29)37(19-31-26)24-7-3-4-8-24)32-23-15-17-36(18-16-23)25(38)14-9-20-5-1-2-6-20/h19-24H,1-18,30H2,(H2,32,33,34,35)/t21-,22-. The van der Waals surface area contributed by atoms with E-state index < -0.39 is 0 Å². The zero-order valence-corrected chi connectivity index (χ0v) is 22.9. The van der Waals surface area contributed by atoms with E-state index in [1.807, 2.05) is 6.33 Å². The van der Waals surface area contributed by atoms with Crippen LogP contribution in [0.4, 0.5) is 11.8 Å². The van der Waals surface area contributed by atoms with Crippen molar-refractivity contribution in [2.45, 2.75) is 127 Å². The number of rotatable bonds is 8. The maximum Gasteiger partial charge on any atom is 0.227 e. The lowest BCUT2D eigenvalue weighted by atomic mass is 9.92. The Balaban J connectivity index is 1.13. The van der Waals surface area contributed by atoms with Gasteiger partial charge >= 0.3 is 0 Å². The van der Waals surface area contributed by atoms with Gasteiger partial charge in [-0.05, 0) is 63.7 Å². The molecule has 0 bridgehead atoms. The van der Waals surface area contributed by atoms with E-state index in [1.165, 1.54) is 51.4 Å². The van der Waals surface area contributed by atoms with Gasteiger partial charge in [-0.2, -0.15) is 9.97 Å². The molecule has 3 aliphatic carbocycles. The topological polar surface area (TPSA) is 114 Å². The van der Waals surface area contributed by atoms with E-state index in [0.29, 0.717) is 30.0 Å². The molecule has 1 saturated heterocycles. The number of anilines is 2. The first kappa shape index (κ1) is 25.8. The molecule has 3 heterocycles. The Morgan fingerprint density at radius 2 is 1.55 bits per heavy atom. The number of carbonyl (C=O) groups excluding carboxylic acids is 1. The van der Waals surface area contributed by atoms with Crippen LogP contribution in [-0.2, 0) is 4.79 Å². The molecule has 1 amide bonds. The summed E-state index contributed by atoms with van der Waals surface area (Å²) < 4.78 is 2.28. The molecule has 4 aliphatic rings. The molecular formula is C29H46N8O. The number of nitrogens with one attached hydrogen (secondary N) is 2. The van der Waals surface area contributed by atoms with E-state index in [-0.39, 0.29) is 6.04 Å². The number of aromatic nitrogens is 4. The summed E-state index contributed by atoms with van der Waals surface area (Å²) in [6, 6.07) is 1.44. The number of hydrogen-bond acceptors (Lipinski definition) is 7. The van der Waals surface area contributed by atoms with Gasteiger partial charge in [0, 0.05) is 43.7 Å². The van der Waals surface area contributed by atoms with Crippen LogP contribution in [0.2, 0.25) is 0 Å². The minimum Gasteiger partial charge on any atom is -0.365 e. The van der Waals surface area contributed by atoms with Crippen LogP contribution < -0.4 is 16.4 Å². The maximum atomic E-state index is 12.8. The molecule has 3 saturated carbocycles. The number of amides is 1. The SMILES string of the molecule is N[C@H]1CC[C@H](Nc2nc(NC3CCN(C(=O)CCC4CCCC4)CC3)c3ncn(C4CCCC4)c3n2)CC1. The average Bonchev–Trinajstić information content (AvgIpc) is 3.71. The number of hydrogen-bond donors (Lipinski definition) is 3. The van der Waals surface area contributed by atoms with Gasteiger partial charge in [0.15, 0.2) is 17.0 Å². The molecule has 0 spiro atoms. The van der Waals surface area contributed by atoms with Gasteiger partial charge in [-0.15, -0.1) is 0 Å². The van der Waals surface area contributed by atoms with E-state index in [0.717, 1.165) is 87.4 Å². The van der Waals surface area contributed by atoms with E-state index in [4.69, 9.17) is 20.7 Å². The molecule has 2 aromatic heterocycles. The molecule has 0 atom stereocenters. The molecule has 9 heteroatoms. The lowest BCUT2D eigenvalue weighted by Crippen LogP contribution is -2.42. The van der Waals surface area contributed by atoms with Crippen molar-refractivity contribution in [1.82, 2.24) is 24.4 Å². The zero-order valence-electron chi connectivity index (χ0n) is 22.9. The van der Waals surface area contributed by atoms with Crippen molar-refractivity contribution in [2.75, 3.05) is 23.7 Å². The van der Waals surface area contributed by atoms with Gasteiger partial charge in [0.25, 0.3) is 0 Å². The fourth-order valence-corrected chi connectivity index (χ4v) is 7.23. The molecule has 2 aromatic rings. The lowest BCUT2D eigenvalue weighted by molar-refractivity contribution is -0.132. The quantitative estimate of drug-likeness (QED) is 0.447. The number of piperidine rings is 1. The van der Waals surface area contributed by atoms with Crippen LogP contribution in [0, 0.1) is 5.92 Å². The first-order chi connectivity index (χ1) is 18.6. The zero-order chi connectivity index (χ0) is 25.9. The van der Waals surface area contributed by atoms with Gasteiger partial charge in [-0.3, -0.25) is 4.79 Å². The summed E-state index contributed by atoms with van der Waals surface area (Å²) >= 11 is 0. The fourth-order valence-electron chi connectivity index (χ4n) is 7.23. The molecule has 6 rings (SSSR count). The van der Waals surface area contributed by atoms with Crippen LogP contribution >= 0.6 is 0 Å². The maximum absolute atomic E-state index is 12.8. The van der Waals surface area contributed by atoms with Crippen molar-refractivity contribution in [3.05, 3.63) is 6.33 Å². The number of imidazole rings is 1. The normalized spacial score (nSPS) is 25.9. The second-order valence-corrected chi connectivity index (χ2v) is 12.4. The highest BCUT2D eigenvalue weighted by Crippen LogP contribution is 2.34. The summed E-state index contributed by atoms with van der Waals surface area (Å²) in [6.45, 7) is 1.64. The third-order valence-corrected chi connectivity index (χ3v) is 9.67. The average molecular weight is 523 g/mol. The van der Waals surface area contributed by atoms with Gasteiger partial charge in [-0.1, -0.05) is 38.5 Å². The molecule has 4 N–H and O–H groups in total. The second kappa shape index (κ2) is 11.8. The lowest BCUT2D eigenvalue weighted by Gasteiger charge is -2.33. The molecule has 38 heavy (non-hydrogen) atoms. The Hall–Kier alpha value is -2.42. The highest BCUT2D eigenvalue weighted by molar-refractivity contribution is 5.84. The molecule has 0 unspecified atom stereocenters. The fraction of sp³-hybridized carbons (Fsp3) is 0.793. The van der Waals surface area contributed by atoms with Gasteiger partial charge in [0.2, 0.25) is 11.9 Å². The predicted molar refractivity (Wildman–Crippen MR) is 151 cm³/mol. The Morgan fingerprint density at radius 3 is 2.29 bits per heavy atom. The van der Waals surface area contributed by atoms with Gasteiger partial charge in [-0.25, -0.2) is 4.98 Å². The molecule has 1 aliphatic heterocycles. The van der Waals surface area contributed by atoms with Crippen molar-refractivity contribution in [3.8, 4) is 0 Å². The van der Waals surface area contributed by atoms with E-state index >= 15 is 0 Å². The largest absolute Gasteiger partial charge is 0.365 e. The molecular weight excluding hydrogens is 476 g/mol. The summed E-state index contributed by atoms with van der Waals surface area (Å²) in [6.07, 6.45) is 20.1. The Bertz CT molecular complexity index is 1070. The summed E-state index contributed by atoms with van der Waals surface area (Å²) in [7, 11) is 0. The molecule has 4 fully saturated rings. The molecule has 208 valence electrons. The van der Waals surface area contributed by atoms with Crippen LogP contribution in [0.3, 0.4) is 0 Å². The number of likely N-dealkylation sites (tertiary alicyclic amines) is 1. The van der Waals surface area contributed by atoms with E-state index in [2.05, 4.69) is 20.1 Å². The Kier molecular flexibility index (Phi) is 8.00. The van der Waals surface area contributed by atoms with Crippen LogP contribution in [-0.4, -0.2) is 61.5 Å². The number of carbonyl (C=O) groups is 1. The number of fused-ring (bicyclic) bond motifs is 1. The summed E-state index contributed by atoms with van der Waals surface area (Å²) in [4.78, 5) is 29.7. The highest BCUT2D eigenvalue weighted by Gasteiger charge is 2.27. The van der Waals surface area contributed by atoms with Crippen molar-refractivity contribution in [2.24, 2.45) is 11.7 Å². The van der Waals surface area contributed by atoms with Gasteiger partial charge in [0.1, 0.15) is 0 Å². The van der Waals surface area contributed by atoms with Crippen molar-refractivity contribution < 1.29 is 4.79 Å². The first-order valence-corrected chi connectivity index (χ1v) is 15.4. The summed E-state index contributed by atoms with van der Waals surface area (Å²) in [5.74, 6) is 2.64. The monoisotopic (exact) mass is 522 g/mol. The van der Waals surface area contributed by atoms with Gasteiger partial charge < -0.3 is 25.8 Å². The predicted octanol–water partition coefficient (Wildman–Crippen LogP) is 5.00. The molecule has 9 nitrogen and oxygen atoms in total. The number of nitrogens with two attached hydrogens (primary N) is 1. The van der Waals surface area contributed by atoms with E-state index in [9.17, 15) is 4.79 Å². The third-order valence-electron chi connectivity index (χ3n) is 9.67. The Morgan fingerprint density at radius 1 is 0.868 bits per heavy atom. The Labute approximate surface area is 226 Å². The summed E-state index contributed by atoms with van der Waals surface area (Å²) in [5.41, 5.74) is 7.94. The minimum atomic E-state index is 0.282. The first-order valence-electron chi connectivity index (χ1n) is 15.4. The van der Waals surface area contributed by atoms with Crippen molar-refractivity contribution in [3.63, 3.8) is 0 Å². The second-order valence-electron chi connectivity index (χ2n) is 12.4. The molecule has 0 radical (unpaired) electrons. The van der Waals surface area contributed by atoms with E-state index in [1.54, 1.807) is 0 Å². The highest BCUT2D eigenvalue weighted by atomic mass is 16.2. The van der Waals surface area contributed by atoms with Crippen molar-refractivity contribution in [1.29, 1.82) is 0 Å². The van der Waals surface area contributed by atoms with Gasteiger partial charge in [0.05, 0.1) is 6.33 Å². The van der Waals surface area contributed by atoms with Crippen LogP contribution in [0.15, 0.2) is 6.33 Å². The van der Waals surface area contributed by atoms with Crippen LogP contribution in [0.5, 0.6) is 0 Å². The smallest absolute Gasteiger partial charge is 0.227 e. The summed E-state index contributed by atoms with van der Waals surface area (Å²) in [5, 5.41) is 7.35. The van der Waals surface area contributed by atoms with Crippen molar-refractivity contribution >= 4 is 28.8 Å². The van der Waals surface area contributed by atoms with Crippen LogP contribution in [0.25, 0.3) is 11.2 Å². The number of nitrogens with zero attached hydrogens (tertiary/aromatic N) is 5. The molecule has 0 aromatic carbocycles.